The number of methoxy groups -OCH3 is 1. The topological polar surface area (TPSA) is 78.6 Å². The van der Waals surface area contributed by atoms with Crippen molar-refractivity contribution in [2.24, 2.45) is 5.10 Å². The van der Waals surface area contributed by atoms with E-state index in [2.05, 4.69) is 15.3 Å². The van der Waals surface area contributed by atoms with Gasteiger partial charge in [-0.3, -0.25) is 0 Å². The van der Waals surface area contributed by atoms with Crippen molar-refractivity contribution in [3.63, 3.8) is 0 Å². The lowest BCUT2D eigenvalue weighted by atomic mass is 10.2. The van der Waals surface area contributed by atoms with Crippen LogP contribution in [0.5, 0.6) is 11.5 Å². The molecule has 3 aromatic rings. The predicted molar refractivity (Wildman–Crippen MR) is 87.4 cm³/mol. The molecule has 8 heteroatoms. The molecule has 0 fully saturated rings. The van der Waals surface area contributed by atoms with Gasteiger partial charge in [-0.2, -0.15) is 5.10 Å². The standard InChI is InChI=1S/C17H13FN4O3/c1-24-16-8-12(9-21-22-10-19-20-11-22)2-7-15(16)25-17(23)13-3-5-14(18)6-4-13/h2-11H,1H3/b21-9-. The largest absolute Gasteiger partial charge is 0.493 e. The molecule has 25 heavy (non-hydrogen) atoms. The van der Waals surface area contributed by atoms with Crippen molar-refractivity contribution in [2.45, 2.75) is 0 Å². The maximum atomic E-state index is 12.9. The molecule has 2 aromatic carbocycles. The van der Waals surface area contributed by atoms with E-state index in [4.69, 9.17) is 9.47 Å². The molecule has 0 unspecified atom stereocenters. The van der Waals surface area contributed by atoms with Gasteiger partial charge >= 0.3 is 5.97 Å². The number of aromatic nitrogens is 3. The van der Waals surface area contributed by atoms with Crippen LogP contribution < -0.4 is 9.47 Å². The van der Waals surface area contributed by atoms with E-state index in [1.165, 1.54) is 48.7 Å². The zero-order chi connectivity index (χ0) is 17.6. The fraction of sp³-hybridized carbons (Fsp3) is 0.0588. The van der Waals surface area contributed by atoms with Crippen molar-refractivity contribution in [3.05, 3.63) is 72.1 Å². The lowest BCUT2D eigenvalue weighted by Gasteiger charge is -2.10. The summed E-state index contributed by atoms with van der Waals surface area (Å²) in [4.78, 5) is 12.1. The van der Waals surface area contributed by atoms with Crippen LogP contribution in [0.3, 0.4) is 0 Å². The Bertz CT molecular complexity index is 893. The van der Waals surface area contributed by atoms with Gasteiger partial charge in [-0.25, -0.2) is 13.9 Å². The monoisotopic (exact) mass is 340 g/mol. The van der Waals surface area contributed by atoms with Crippen molar-refractivity contribution < 1.29 is 18.7 Å². The number of benzene rings is 2. The summed E-state index contributed by atoms with van der Waals surface area (Å²) in [6, 6.07) is 10.1. The van der Waals surface area contributed by atoms with Crippen LogP contribution in [0, 0.1) is 5.82 Å². The molecule has 3 rings (SSSR count). The third kappa shape index (κ3) is 4.05. The Labute approximate surface area is 142 Å². The summed E-state index contributed by atoms with van der Waals surface area (Å²) >= 11 is 0. The number of halogens is 1. The lowest BCUT2D eigenvalue weighted by molar-refractivity contribution is 0.0729. The predicted octanol–water partition coefficient (Wildman–Crippen LogP) is 2.53. The summed E-state index contributed by atoms with van der Waals surface area (Å²) in [6.45, 7) is 0. The van der Waals surface area contributed by atoms with E-state index in [-0.39, 0.29) is 11.3 Å². The Balaban J connectivity index is 1.77. The molecule has 0 N–H and O–H groups in total. The molecule has 1 heterocycles. The van der Waals surface area contributed by atoms with Crippen molar-refractivity contribution >= 4 is 12.2 Å². The Morgan fingerprint density at radius 1 is 1.12 bits per heavy atom. The van der Waals surface area contributed by atoms with Gasteiger partial charge in [0.1, 0.15) is 18.5 Å². The summed E-state index contributed by atoms with van der Waals surface area (Å²) in [5, 5.41) is 11.4. The molecule has 0 saturated carbocycles. The third-order valence-electron chi connectivity index (χ3n) is 3.22. The van der Waals surface area contributed by atoms with Gasteiger partial charge in [0.15, 0.2) is 11.5 Å². The normalized spacial score (nSPS) is 10.8. The van der Waals surface area contributed by atoms with Gasteiger partial charge in [0.2, 0.25) is 0 Å². The second kappa shape index (κ2) is 7.35. The molecule has 0 saturated heterocycles. The quantitative estimate of drug-likeness (QED) is 0.405. The van der Waals surface area contributed by atoms with Gasteiger partial charge in [0.25, 0.3) is 0 Å². The van der Waals surface area contributed by atoms with Crippen molar-refractivity contribution in [2.75, 3.05) is 7.11 Å². The maximum Gasteiger partial charge on any atom is 0.343 e. The molecule has 1 aromatic heterocycles. The van der Waals surface area contributed by atoms with Gasteiger partial charge < -0.3 is 9.47 Å². The van der Waals surface area contributed by atoms with Crippen LogP contribution in [-0.4, -0.2) is 34.2 Å². The van der Waals surface area contributed by atoms with Crippen molar-refractivity contribution in [1.82, 2.24) is 14.9 Å². The molecule has 0 atom stereocenters. The van der Waals surface area contributed by atoms with Crippen molar-refractivity contribution in [3.8, 4) is 11.5 Å². The fourth-order valence-electron chi connectivity index (χ4n) is 1.98. The SMILES string of the molecule is COc1cc(/C=N\n2cnnc2)ccc1OC(=O)c1ccc(F)cc1. The molecular formula is C17H13FN4O3. The molecule has 7 nitrogen and oxygen atoms in total. The maximum absolute atomic E-state index is 12.9. The average molecular weight is 340 g/mol. The number of esters is 1. The number of ether oxygens (including phenoxy) is 2. The van der Waals surface area contributed by atoms with E-state index in [1.807, 2.05) is 0 Å². The highest BCUT2D eigenvalue weighted by Gasteiger charge is 2.13. The minimum Gasteiger partial charge on any atom is -0.493 e. The van der Waals surface area contributed by atoms with Gasteiger partial charge in [0, 0.05) is 0 Å². The molecule has 0 amide bonds. The van der Waals surface area contributed by atoms with E-state index in [9.17, 15) is 9.18 Å². The Morgan fingerprint density at radius 2 is 1.84 bits per heavy atom. The number of hydrogen-bond acceptors (Lipinski definition) is 6. The summed E-state index contributed by atoms with van der Waals surface area (Å²) in [5.74, 6) is -0.420. The van der Waals surface area contributed by atoms with E-state index in [0.717, 1.165) is 5.56 Å². The third-order valence-corrected chi connectivity index (χ3v) is 3.22. The minimum absolute atomic E-state index is 0.238. The zero-order valence-electron chi connectivity index (χ0n) is 13.2. The molecule has 0 spiro atoms. The molecule has 0 radical (unpaired) electrons. The Hall–Kier alpha value is -3.55. The molecule has 0 aliphatic rings. The second-order valence-electron chi connectivity index (χ2n) is 4.89. The first-order valence-electron chi connectivity index (χ1n) is 7.20. The van der Waals surface area contributed by atoms with Crippen molar-refractivity contribution in [1.29, 1.82) is 0 Å². The highest BCUT2D eigenvalue weighted by molar-refractivity contribution is 5.91. The van der Waals surface area contributed by atoms with E-state index >= 15 is 0 Å². The van der Waals surface area contributed by atoms with E-state index in [1.54, 1.807) is 24.4 Å². The summed E-state index contributed by atoms with van der Waals surface area (Å²) in [6.07, 6.45) is 4.48. The molecular weight excluding hydrogens is 327 g/mol. The molecule has 0 aliphatic heterocycles. The molecule has 0 aliphatic carbocycles. The number of carbonyl (C=O) groups is 1. The highest BCUT2D eigenvalue weighted by atomic mass is 19.1. The summed E-state index contributed by atoms with van der Waals surface area (Å²) < 4.78 is 24.9. The Kier molecular flexibility index (Phi) is 4.79. The van der Waals surface area contributed by atoms with E-state index < -0.39 is 11.8 Å². The minimum atomic E-state index is -0.607. The van der Waals surface area contributed by atoms with Crippen LogP contribution in [-0.2, 0) is 0 Å². The van der Waals surface area contributed by atoms with E-state index in [0.29, 0.717) is 5.75 Å². The van der Waals surface area contributed by atoms with Crippen LogP contribution in [0.2, 0.25) is 0 Å². The van der Waals surface area contributed by atoms with Gasteiger partial charge in [0.05, 0.1) is 18.9 Å². The average Bonchev–Trinajstić information content (AvgIpc) is 3.15. The Morgan fingerprint density at radius 3 is 2.52 bits per heavy atom. The van der Waals surface area contributed by atoms with Crippen LogP contribution in [0.1, 0.15) is 15.9 Å². The number of carbonyl (C=O) groups excluding carboxylic acids is 1. The number of nitrogens with zero attached hydrogens (tertiary/aromatic N) is 4. The smallest absolute Gasteiger partial charge is 0.343 e. The number of hydrogen-bond donors (Lipinski definition) is 0. The number of rotatable bonds is 5. The van der Waals surface area contributed by atoms with Crippen LogP contribution >= 0.6 is 0 Å². The molecule has 126 valence electrons. The first kappa shape index (κ1) is 16.3. The van der Waals surface area contributed by atoms with Crippen LogP contribution in [0.25, 0.3) is 0 Å². The summed E-state index contributed by atoms with van der Waals surface area (Å²) in [7, 11) is 1.46. The van der Waals surface area contributed by atoms with Crippen LogP contribution in [0.15, 0.2) is 60.2 Å². The van der Waals surface area contributed by atoms with Gasteiger partial charge in [-0.05, 0) is 48.0 Å². The fourth-order valence-corrected chi connectivity index (χ4v) is 1.98. The van der Waals surface area contributed by atoms with Gasteiger partial charge in [-0.15, -0.1) is 10.2 Å². The van der Waals surface area contributed by atoms with Crippen LogP contribution in [0.4, 0.5) is 4.39 Å². The first-order valence-corrected chi connectivity index (χ1v) is 7.20. The highest BCUT2D eigenvalue weighted by Crippen LogP contribution is 2.28. The molecule has 0 bridgehead atoms. The first-order chi connectivity index (χ1) is 12.2. The lowest BCUT2D eigenvalue weighted by Crippen LogP contribution is -2.09. The van der Waals surface area contributed by atoms with Gasteiger partial charge in [-0.1, -0.05) is 0 Å². The second-order valence-corrected chi connectivity index (χ2v) is 4.89. The summed E-state index contributed by atoms with van der Waals surface area (Å²) in [5.41, 5.74) is 0.967. The zero-order valence-corrected chi connectivity index (χ0v) is 13.2.